The SMILES string of the molecule is CCCCCc1ccc(C2=CC(c3ccc(CCCCC)cc3)=[N+]3B(F)n4c(-c5ccc(CCCCC)cc5)cc(-c5ccc(CCCCC)cc5)c4C(c4ccccc4)=C23)cc1. The van der Waals surface area contributed by atoms with Crippen molar-refractivity contribution in [1.29, 1.82) is 0 Å². The quantitative estimate of drug-likeness (QED) is 0.0504. The third-order valence-corrected chi connectivity index (χ3v) is 13.3. The topological polar surface area (TPSA) is 7.94 Å². The zero-order valence-corrected chi connectivity index (χ0v) is 38.4. The molecule has 6 aromatic rings. The Bertz CT molecular complexity index is 2520. The average molecular weight is 834 g/mol. The van der Waals surface area contributed by atoms with Gasteiger partial charge in [-0.2, -0.15) is 0 Å². The summed E-state index contributed by atoms with van der Waals surface area (Å²) in [5.74, 6) is 0. The lowest BCUT2D eigenvalue weighted by atomic mass is 9.84. The van der Waals surface area contributed by atoms with Gasteiger partial charge in [0, 0.05) is 22.9 Å². The molecule has 2 aliphatic heterocycles. The fraction of sp³-hybridized carbons (Fsp3) is 0.339. The molecule has 0 atom stereocenters. The predicted octanol–water partition coefficient (Wildman–Crippen LogP) is 15.9. The van der Waals surface area contributed by atoms with Gasteiger partial charge in [0.05, 0.1) is 16.8 Å². The van der Waals surface area contributed by atoms with Gasteiger partial charge in [0.2, 0.25) is 5.70 Å². The first kappa shape index (κ1) is 44.1. The van der Waals surface area contributed by atoms with E-state index in [2.05, 4.69) is 167 Å². The average Bonchev–Trinajstić information content (AvgIpc) is 3.92. The summed E-state index contributed by atoms with van der Waals surface area (Å²) in [6, 6.07) is 49.2. The van der Waals surface area contributed by atoms with Gasteiger partial charge < -0.3 is 0 Å². The van der Waals surface area contributed by atoms with Crippen LogP contribution in [0.4, 0.5) is 4.32 Å². The molecule has 0 N–H and O–H groups in total. The number of nitrogens with zero attached hydrogens (tertiary/aromatic N) is 2. The number of allylic oxidation sites excluding steroid dienone is 2. The van der Waals surface area contributed by atoms with Crippen molar-refractivity contribution in [3.05, 3.63) is 190 Å². The lowest BCUT2D eigenvalue weighted by Gasteiger charge is -2.24. The van der Waals surface area contributed by atoms with Gasteiger partial charge in [0.1, 0.15) is 0 Å². The molecule has 0 saturated carbocycles. The van der Waals surface area contributed by atoms with E-state index in [4.69, 9.17) is 0 Å². The molecule has 2 aliphatic rings. The molecule has 0 bridgehead atoms. The van der Waals surface area contributed by atoms with Crippen LogP contribution in [0.2, 0.25) is 0 Å². The van der Waals surface area contributed by atoms with Crippen LogP contribution in [-0.4, -0.2) is 21.9 Å². The zero-order valence-electron chi connectivity index (χ0n) is 38.4. The number of benzene rings is 5. The molecular weight excluding hydrogens is 766 g/mol. The molecule has 4 heteroatoms. The number of fused-ring (bicyclic) bond motifs is 2. The molecule has 322 valence electrons. The van der Waals surface area contributed by atoms with Gasteiger partial charge in [0.25, 0.3) is 0 Å². The molecule has 8 rings (SSSR count). The van der Waals surface area contributed by atoms with Gasteiger partial charge in [-0.1, -0.05) is 194 Å². The molecule has 0 spiro atoms. The van der Waals surface area contributed by atoms with Crippen LogP contribution in [0, 0.1) is 0 Å². The first-order valence-electron chi connectivity index (χ1n) is 24.5. The molecule has 2 nitrogen and oxygen atoms in total. The van der Waals surface area contributed by atoms with Crippen LogP contribution in [0.15, 0.2) is 145 Å². The molecule has 63 heavy (non-hydrogen) atoms. The van der Waals surface area contributed by atoms with Crippen LogP contribution in [0.1, 0.15) is 149 Å². The molecular formula is C59H67BFN2+. The Balaban J connectivity index is 1.36. The maximum Gasteiger partial charge on any atom is 0.847 e. The largest absolute Gasteiger partial charge is 0.847 e. The third-order valence-electron chi connectivity index (χ3n) is 13.3. The summed E-state index contributed by atoms with van der Waals surface area (Å²) in [5, 5.41) is 0. The van der Waals surface area contributed by atoms with E-state index in [0.717, 1.165) is 93.0 Å². The summed E-state index contributed by atoms with van der Waals surface area (Å²) in [6.45, 7) is 9.03. The van der Waals surface area contributed by atoms with Gasteiger partial charge in [0.15, 0.2) is 5.71 Å². The molecule has 0 fully saturated rings. The summed E-state index contributed by atoms with van der Waals surface area (Å²) in [5.41, 5.74) is 17.5. The Morgan fingerprint density at radius 2 is 0.889 bits per heavy atom. The second-order valence-corrected chi connectivity index (χ2v) is 18.0. The van der Waals surface area contributed by atoms with Crippen molar-refractivity contribution in [3.63, 3.8) is 0 Å². The second-order valence-electron chi connectivity index (χ2n) is 18.0. The monoisotopic (exact) mass is 834 g/mol. The van der Waals surface area contributed by atoms with Gasteiger partial charge in [-0.3, -0.25) is 4.48 Å². The lowest BCUT2D eigenvalue weighted by Crippen LogP contribution is -2.41. The minimum atomic E-state index is -1.50. The molecule has 0 radical (unpaired) electrons. The number of halogens is 1. The van der Waals surface area contributed by atoms with Gasteiger partial charge in [-0.15, -0.1) is 0 Å². The molecule has 0 amide bonds. The van der Waals surface area contributed by atoms with Crippen LogP contribution in [-0.2, 0) is 25.7 Å². The summed E-state index contributed by atoms with van der Waals surface area (Å²) in [6.07, 6.45) is 21.0. The molecule has 0 unspecified atom stereocenters. The highest BCUT2D eigenvalue weighted by atomic mass is 19.1. The number of aromatic nitrogens is 1. The highest BCUT2D eigenvalue weighted by Crippen LogP contribution is 2.48. The summed E-state index contributed by atoms with van der Waals surface area (Å²) in [7, 11) is -1.50. The number of hydrogen-bond acceptors (Lipinski definition) is 0. The second kappa shape index (κ2) is 21.3. The Kier molecular flexibility index (Phi) is 14.9. The maximum atomic E-state index is 18.8. The minimum Gasteiger partial charge on any atom is -0.285 e. The van der Waals surface area contributed by atoms with Crippen LogP contribution in [0.5, 0.6) is 0 Å². The van der Waals surface area contributed by atoms with Gasteiger partial charge >= 0.3 is 7.26 Å². The predicted molar refractivity (Wildman–Crippen MR) is 268 cm³/mol. The standard InChI is InChI=1S/C59H67BFN2/c1-5-9-14-20-44-26-34-48(35-27-44)53-42-55(50-38-30-46(31-39-50)22-16-11-7-3)62-58(53)57(52-24-18-13-19-25-52)59-54(49-36-28-45(29-37-49)21-15-10-6-2)43-56(63(59)60(62)61)51-40-32-47(33-41-51)23-17-12-8-4/h13,18-19,24-43H,5-12,14-17,20-23H2,1-4H3/q+1. The van der Waals surface area contributed by atoms with Crippen molar-refractivity contribution in [3.8, 4) is 22.4 Å². The van der Waals surface area contributed by atoms with E-state index in [0.29, 0.717) is 0 Å². The first-order valence-corrected chi connectivity index (χ1v) is 24.5. The fourth-order valence-corrected chi connectivity index (χ4v) is 9.70. The fourth-order valence-electron chi connectivity index (χ4n) is 9.70. The van der Waals surface area contributed by atoms with Crippen molar-refractivity contribution in [2.75, 3.05) is 0 Å². The lowest BCUT2D eigenvalue weighted by molar-refractivity contribution is -0.332. The van der Waals surface area contributed by atoms with Crippen molar-refractivity contribution in [2.45, 2.75) is 130 Å². The van der Waals surface area contributed by atoms with Crippen LogP contribution < -0.4 is 0 Å². The first-order chi connectivity index (χ1) is 31.0. The Morgan fingerprint density at radius 1 is 0.460 bits per heavy atom. The van der Waals surface area contributed by atoms with Crippen molar-refractivity contribution >= 4 is 24.1 Å². The summed E-state index contributed by atoms with van der Waals surface area (Å²) in [4.78, 5) is 0. The van der Waals surface area contributed by atoms with E-state index in [-0.39, 0.29) is 0 Å². The highest BCUT2D eigenvalue weighted by Gasteiger charge is 2.54. The number of hydrogen-bond donors (Lipinski definition) is 0. The van der Waals surface area contributed by atoms with Crippen molar-refractivity contribution in [2.24, 2.45) is 0 Å². The highest BCUT2D eigenvalue weighted by molar-refractivity contribution is 6.46. The van der Waals surface area contributed by atoms with Crippen LogP contribution >= 0.6 is 0 Å². The van der Waals surface area contributed by atoms with E-state index in [1.54, 1.807) is 0 Å². The van der Waals surface area contributed by atoms with Crippen molar-refractivity contribution in [1.82, 2.24) is 4.48 Å². The summed E-state index contributed by atoms with van der Waals surface area (Å²) >= 11 is 0. The van der Waals surface area contributed by atoms with E-state index in [9.17, 15) is 0 Å². The molecule has 3 heterocycles. The zero-order chi connectivity index (χ0) is 43.5. The Hall–Kier alpha value is -5.48. The van der Waals surface area contributed by atoms with Gasteiger partial charge in [-0.25, -0.2) is 8.80 Å². The number of aryl methyl sites for hydroxylation is 4. The smallest absolute Gasteiger partial charge is 0.285 e. The third kappa shape index (κ3) is 9.86. The molecule has 0 saturated heterocycles. The van der Waals surface area contributed by atoms with E-state index in [1.807, 2.05) is 8.96 Å². The van der Waals surface area contributed by atoms with Crippen molar-refractivity contribution < 1.29 is 8.80 Å². The Morgan fingerprint density at radius 3 is 1.35 bits per heavy atom. The summed E-state index contributed by atoms with van der Waals surface area (Å²) < 4.78 is 22.8. The van der Waals surface area contributed by atoms with E-state index in [1.165, 1.54) is 99.3 Å². The van der Waals surface area contributed by atoms with Crippen LogP contribution in [0.3, 0.4) is 0 Å². The van der Waals surface area contributed by atoms with E-state index < -0.39 is 7.26 Å². The van der Waals surface area contributed by atoms with Crippen LogP contribution in [0.25, 0.3) is 33.5 Å². The Labute approximate surface area is 378 Å². The number of rotatable bonds is 21. The molecule has 0 aliphatic carbocycles. The van der Waals surface area contributed by atoms with Gasteiger partial charge in [-0.05, 0) is 114 Å². The maximum absolute atomic E-state index is 18.8. The molecule has 1 aromatic heterocycles. The minimum absolute atomic E-state index is 0.891. The molecule has 5 aromatic carbocycles. The van der Waals surface area contributed by atoms with E-state index >= 15 is 4.32 Å². The number of unbranched alkanes of at least 4 members (excludes halogenated alkanes) is 8. The normalized spacial score (nSPS) is 13.5.